The minimum absolute atomic E-state index is 0.226. The van der Waals surface area contributed by atoms with E-state index < -0.39 is 0 Å². The third kappa shape index (κ3) is 2.82. The van der Waals surface area contributed by atoms with Crippen LogP contribution in [0.1, 0.15) is 0 Å². The van der Waals surface area contributed by atoms with E-state index in [1.54, 1.807) is 12.1 Å². The van der Waals surface area contributed by atoms with Gasteiger partial charge >= 0.3 is 0 Å². The summed E-state index contributed by atoms with van der Waals surface area (Å²) in [5, 5.41) is 9.70. The molecule has 2 rings (SSSR count). The fourth-order valence-electron chi connectivity index (χ4n) is 1.25. The van der Waals surface area contributed by atoms with Gasteiger partial charge in [-0.25, -0.2) is 0 Å². The molecule has 0 aromatic heterocycles. The van der Waals surface area contributed by atoms with Crippen molar-refractivity contribution in [1.29, 1.82) is 0 Å². The van der Waals surface area contributed by atoms with Gasteiger partial charge in [0, 0.05) is 20.2 Å². The fraction of sp³-hybridized carbons (Fsp3) is 0. The van der Waals surface area contributed by atoms with E-state index in [2.05, 4.69) is 22.6 Å². The largest absolute Gasteiger partial charge is 0.507 e. The molecule has 0 aliphatic rings. The minimum Gasteiger partial charge on any atom is -0.507 e. The maximum Gasteiger partial charge on any atom is 0.131 e. The number of phenolic OH excluding ortho intramolecular Hbond substituents is 1. The second kappa shape index (κ2) is 4.97. The van der Waals surface area contributed by atoms with E-state index in [1.807, 2.05) is 30.3 Å². The molecule has 0 atom stereocenters. The van der Waals surface area contributed by atoms with Crippen molar-refractivity contribution >= 4 is 40.0 Å². The highest BCUT2D eigenvalue weighted by Crippen LogP contribution is 2.35. The molecule has 2 nitrogen and oxygen atoms in total. The van der Waals surface area contributed by atoms with Crippen LogP contribution in [0.25, 0.3) is 0 Å². The summed E-state index contributed by atoms with van der Waals surface area (Å²) in [4.78, 5) is 1.91. The first-order valence-electron chi connectivity index (χ1n) is 4.67. The van der Waals surface area contributed by atoms with E-state index in [0.717, 1.165) is 9.79 Å². The topological polar surface area (TPSA) is 46.2 Å². The van der Waals surface area contributed by atoms with Crippen LogP contribution in [-0.2, 0) is 0 Å². The Bertz CT molecular complexity index is 499. The molecule has 2 aromatic carbocycles. The summed E-state index contributed by atoms with van der Waals surface area (Å²) in [5.74, 6) is 0.226. The Hall–Kier alpha value is -0.880. The monoisotopic (exact) mass is 343 g/mol. The molecule has 0 aliphatic carbocycles. The normalized spacial score (nSPS) is 10.3. The van der Waals surface area contributed by atoms with Gasteiger partial charge in [0.2, 0.25) is 0 Å². The molecule has 0 amide bonds. The number of hydrogen-bond acceptors (Lipinski definition) is 3. The molecule has 0 heterocycles. The van der Waals surface area contributed by atoms with Crippen LogP contribution in [0.15, 0.2) is 52.3 Å². The predicted octanol–water partition coefficient (Wildman–Crippen LogP) is 3.73. The van der Waals surface area contributed by atoms with Crippen molar-refractivity contribution in [2.24, 2.45) is 0 Å². The maximum absolute atomic E-state index is 9.70. The van der Waals surface area contributed by atoms with Crippen LogP contribution < -0.4 is 5.73 Å². The third-order valence-electron chi connectivity index (χ3n) is 2.02. The Kier molecular flexibility index (Phi) is 3.60. The number of hydrogen-bond donors (Lipinski definition) is 2. The predicted molar refractivity (Wildman–Crippen MR) is 75.8 cm³/mol. The van der Waals surface area contributed by atoms with Gasteiger partial charge in [-0.2, -0.15) is 0 Å². The van der Waals surface area contributed by atoms with Crippen LogP contribution in [0.5, 0.6) is 5.75 Å². The smallest absolute Gasteiger partial charge is 0.131 e. The summed E-state index contributed by atoms with van der Waals surface area (Å²) >= 11 is 3.79. The molecule has 0 saturated carbocycles. The van der Waals surface area contributed by atoms with Crippen molar-refractivity contribution in [3.8, 4) is 5.75 Å². The number of benzene rings is 2. The highest BCUT2D eigenvalue weighted by atomic mass is 127. The van der Waals surface area contributed by atoms with Gasteiger partial charge in [0.1, 0.15) is 5.75 Å². The summed E-state index contributed by atoms with van der Waals surface area (Å²) < 4.78 is 1.20. The summed E-state index contributed by atoms with van der Waals surface area (Å²) in [7, 11) is 0. The van der Waals surface area contributed by atoms with Gasteiger partial charge in [0.15, 0.2) is 0 Å². The van der Waals surface area contributed by atoms with Crippen molar-refractivity contribution in [3.05, 3.63) is 46.0 Å². The number of nitrogens with two attached hydrogens (primary N) is 1. The average molecular weight is 343 g/mol. The molecule has 0 unspecified atom stereocenters. The molecule has 0 bridgehead atoms. The first-order chi connectivity index (χ1) is 7.65. The third-order valence-corrected chi connectivity index (χ3v) is 3.82. The number of nitrogen functional groups attached to an aromatic ring is 1. The van der Waals surface area contributed by atoms with E-state index in [4.69, 9.17) is 5.73 Å². The van der Waals surface area contributed by atoms with Gasteiger partial charge in [0.25, 0.3) is 0 Å². The van der Waals surface area contributed by atoms with Crippen LogP contribution in [0.4, 0.5) is 5.69 Å². The molecule has 0 fully saturated rings. The molecule has 3 N–H and O–H groups in total. The van der Waals surface area contributed by atoms with Crippen LogP contribution in [0, 0.1) is 3.57 Å². The first-order valence-corrected chi connectivity index (χ1v) is 6.56. The van der Waals surface area contributed by atoms with Crippen molar-refractivity contribution < 1.29 is 5.11 Å². The maximum atomic E-state index is 9.70. The summed E-state index contributed by atoms with van der Waals surface area (Å²) in [6.45, 7) is 0. The highest BCUT2D eigenvalue weighted by molar-refractivity contribution is 14.1. The highest BCUT2D eigenvalue weighted by Gasteiger charge is 2.03. The van der Waals surface area contributed by atoms with E-state index in [-0.39, 0.29) is 5.75 Å². The first kappa shape index (κ1) is 11.6. The molecular weight excluding hydrogens is 333 g/mol. The molecule has 0 spiro atoms. The van der Waals surface area contributed by atoms with Gasteiger partial charge < -0.3 is 10.8 Å². The van der Waals surface area contributed by atoms with E-state index in [1.165, 1.54) is 15.3 Å². The van der Waals surface area contributed by atoms with Crippen LogP contribution in [-0.4, -0.2) is 5.11 Å². The number of halogens is 1. The zero-order valence-electron chi connectivity index (χ0n) is 8.35. The Labute approximate surface area is 112 Å². The zero-order valence-corrected chi connectivity index (χ0v) is 11.3. The van der Waals surface area contributed by atoms with Crippen molar-refractivity contribution in [2.75, 3.05) is 5.73 Å². The van der Waals surface area contributed by atoms with Crippen LogP contribution in [0.3, 0.4) is 0 Å². The van der Waals surface area contributed by atoms with Gasteiger partial charge in [-0.3, -0.25) is 0 Å². The lowest BCUT2D eigenvalue weighted by atomic mass is 10.3. The quantitative estimate of drug-likeness (QED) is 0.645. The summed E-state index contributed by atoms with van der Waals surface area (Å²) in [6, 6.07) is 13.3. The average Bonchev–Trinajstić information content (AvgIpc) is 2.25. The lowest BCUT2D eigenvalue weighted by molar-refractivity contribution is 0.463. The van der Waals surface area contributed by atoms with Gasteiger partial charge in [0.05, 0.1) is 4.90 Å². The van der Waals surface area contributed by atoms with E-state index in [9.17, 15) is 5.11 Å². The Morgan fingerprint density at radius 3 is 2.38 bits per heavy atom. The SMILES string of the molecule is Nc1ccc(Sc2ccc(I)cc2)c(O)c1. The van der Waals surface area contributed by atoms with Crippen molar-refractivity contribution in [1.82, 2.24) is 0 Å². The lowest BCUT2D eigenvalue weighted by Crippen LogP contribution is -1.84. The van der Waals surface area contributed by atoms with Gasteiger partial charge in [-0.05, 0) is 59.0 Å². The number of anilines is 1. The Balaban J connectivity index is 2.23. The van der Waals surface area contributed by atoms with E-state index >= 15 is 0 Å². The Morgan fingerprint density at radius 1 is 1.06 bits per heavy atom. The molecule has 0 radical (unpaired) electrons. The number of rotatable bonds is 2. The molecule has 4 heteroatoms. The molecular formula is C12H10INOS. The number of phenols is 1. The van der Waals surface area contributed by atoms with Crippen molar-refractivity contribution in [2.45, 2.75) is 9.79 Å². The second-order valence-corrected chi connectivity index (χ2v) is 5.64. The Morgan fingerprint density at radius 2 is 1.75 bits per heavy atom. The molecule has 82 valence electrons. The molecule has 16 heavy (non-hydrogen) atoms. The molecule has 0 saturated heterocycles. The number of aromatic hydroxyl groups is 1. The summed E-state index contributed by atoms with van der Waals surface area (Å²) in [6.07, 6.45) is 0. The minimum atomic E-state index is 0.226. The zero-order chi connectivity index (χ0) is 11.5. The van der Waals surface area contributed by atoms with E-state index in [0.29, 0.717) is 5.69 Å². The van der Waals surface area contributed by atoms with Gasteiger partial charge in [-0.15, -0.1) is 0 Å². The lowest BCUT2D eigenvalue weighted by Gasteiger charge is -2.05. The second-order valence-electron chi connectivity index (χ2n) is 3.28. The van der Waals surface area contributed by atoms with Crippen molar-refractivity contribution in [3.63, 3.8) is 0 Å². The molecule has 2 aromatic rings. The standard InChI is InChI=1S/C12H10INOS/c13-8-1-4-10(5-2-8)16-12-6-3-9(14)7-11(12)15/h1-7,15H,14H2. The van der Waals surface area contributed by atoms with Crippen LogP contribution in [0.2, 0.25) is 0 Å². The van der Waals surface area contributed by atoms with Crippen LogP contribution >= 0.6 is 34.4 Å². The van der Waals surface area contributed by atoms with Gasteiger partial charge in [-0.1, -0.05) is 11.8 Å². The fourth-order valence-corrected chi connectivity index (χ4v) is 2.44. The molecule has 0 aliphatic heterocycles. The summed E-state index contributed by atoms with van der Waals surface area (Å²) in [5.41, 5.74) is 6.14.